The Kier molecular flexibility index (Phi) is 7.07. The van der Waals surface area contributed by atoms with E-state index in [1.807, 2.05) is 6.07 Å². The van der Waals surface area contributed by atoms with Gasteiger partial charge in [-0.25, -0.2) is 4.79 Å². The molecule has 146 valence electrons. The van der Waals surface area contributed by atoms with Crippen molar-refractivity contribution in [1.29, 1.82) is 5.26 Å². The SMILES string of the molecule is CCOC(=O)c1cccc(N=Cc2c(C)c(C#N)c(=O)n(CCOC)c2O)c1. The van der Waals surface area contributed by atoms with Gasteiger partial charge in [-0.15, -0.1) is 0 Å². The van der Waals surface area contributed by atoms with Crippen LogP contribution in [0.25, 0.3) is 0 Å². The Morgan fingerprint density at radius 2 is 2.18 bits per heavy atom. The molecule has 0 saturated carbocycles. The zero-order chi connectivity index (χ0) is 20.7. The first-order valence-corrected chi connectivity index (χ1v) is 8.61. The second-order valence-electron chi connectivity index (χ2n) is 5.83. The van der Waals surface area contributed by atoms with Gasteiger partial charge in [-0.2, -0.15) is 5.26 Å². The smallest absolute Gasteiger partial charge is 0.338 e. The van der Waals surface area contributed by atoms with Gasteiger partial charge in [0.05, 0.1) is 36.6 Å². The predicted octanol–water partition coefficient (Wildman–Crippen LogP) is 2.31. The number of benzene rings is 1. The third-order valence-electron chi connectivity index (χ3n) is 4.07. The van der Waals surface area contributed by atoms with Crippen molar-refractivity contribution in [3.63, 3.8) is 0 Å². The second kappa shape index (κ2) is 9.48. The molecule has 0 amide bonds. The number of hydrogen-bond acceptors (Lipinski definition) is 7. The number of aliphatic imine (C=N–C) groups is 1. The van der Waals surface area contributed by atoms with Crippen LogP contribution in [0.2, 0.25) is 0 Å². The van der Waals surface area contributed by atoms with E-state index in [9.17, 15) is 20.0 Å². The van der Waals surface area contributed by atoms with Gasteiger partial charge in [-0.05, 0) is 37.6 Å². The zero-order valence-corrected chi connectivity index (χ0v) is 15.9. The molecule has 2 rings (SSSR count). The van der Waals surface area contributed by atoms with Crippen LogP contribution in [0.15, 0.2) is 34.1 Å². The average Bonchev–Trinajstić information content (AvgIpc) is 2.68. The Labute approximate surface area is 162 Å². The van der Waals surface area contributed by atoms with Gasteiger partial charge in [0, 0.05) is 13.3 Å². The van der Waals surface area contributed by atoms with Crippen molar-refractivity contribution >= 4 is 17.9 Å². The fourth-order valence-electron chi connectivity index (χ4n) is 2.58. The summed E-state index contributed by atoms with van der Waals surface area (Å²) in [5.74, 6) is -0.762. The van der Waals surface area contributed by atoms with Crippen molar-refractivity contribution in [2.45, 2.75) is 20.4 Å². The third-order valence-corrected chi connectivity index (χ3v) is 4.07. The van der Waals surface area contributed by atoms with Crippen LogP contribution in [0.3, 0.4) is 0 Å². The molecule has 0 spiro atoms. The number of nitrogens with zero attached hydrogens (tertiary/aromatic N) is 3. The number of hydrogen-bond donors (Lipinski definition) is 1. The van der Waals surface area contributed by atoms with Crippen LogP contribution < -0.4 is 5.56 Å². The van der Waals surface area contributed by atoms with Gasteiger partial charge in [0.15, 0.2) is 0 Å². The van der Waals surface area contributed by atoms with Gasteiger partial charge in [-0.1, -0.05) is 6.07 Å². The third kappa shape index (κ3) is 4.45. The minimum absolute atomic E-state index is 0.0735. The second-order valence-corrected chi connectivity index (χ2v) is 5.83. The Morgan fingerprint density at radius 1 is 1.43 bits per heavy atom. The summed E-state index contributed by atoms with van der Waals surface area (Å²) in [6.07, 6.45) is 1.36. The summed E-state index contributed by atoms with van der Waals surface area (Å²) >= 11 is 0. The van der Waals surface area contributed by atoms with Crippen LogP contribution in [0.4, 0.5) is 5.69 Å². The van der Waals surface area contributed by atoms with E-state index in [-0.39, 0.29) is 36.8 Å². The highest BCUT2D eigenvalue weighted by Gasteiger charge is 2.17. The molecule has 8 nitrogen and oxygen atoms in total. The molecule has 0 aliphatic rings. The summed E-state index contributed by atoms with van der Waals surface area (Å²) in [7, 11) is 1.47. The molecule has 0 aliphatic carbocycles. The molecule has 0 fully saturated rings. The molecule has 2 aromatic rings. The van der Waals surface area contributed by atoms with Crippen LogP contribution in [0.5, 0.6) is 5.88 Å². The number of carbonyl (C=O) groups excluding carboxylic acids is 1. The van der Waals surface area contributed by atoms with E-state index in [0.29, 0.717) is 16.8 Å². The van der Waals surface area contributed by atoms with Gasteiger partial charge in [0.2, 0.25) is 5.88 Å². The van der Waals surface area contributed by atoms with E-state index >= 15 is 0 Å². The summed E-state index contributed by atoms with van der Waals surface area (Å²) < 4.78 is 11.0. The molecule has 0 radical (unpaired) electrons. The molecule has 8 heteroatoms. The molecule has 1 aromatic heterocycles. The minimum Gasteiger partial charge on any atom is -0.494 e. The lowest BCUT2D eigenvalue weighted by Crippen LogP contribution is -2.26. The Hall–Kier alpha value is -3.44. The zero-order valence-electron chi connectivity index (χ0n) is 15.9. The predicted molar refractivity (Wildman–Crippen MR) is 103 cm³/mol. The van der Waals surface area contributed by atoms with E-state index in [1.165, 1.54) is 13.3 Å². The van der Waals surface area contributed by atoms with E-state index in [0.717, 1.165) is 4.57 Å². The standard InChI is InChI=1S/C20H21N3O5/c1-4-28-20(26)14-6-5-7-15(10-14)22-12-17-13(2)16(11-21)18(24)23(19(17)25)8-9-27-3/h5-7,10,12,25H,4,8-9H2,1-3H3. The Bertz CT molecular complexity index is 1000. The molecule has 28 heavy (non-hydrogen) atoms. The molecule has 0 bridgehead atoms. The molecule has 1 heterocycles. The number of pyridine rings is 1. The highest BCUT2D eigenvalue weighted by Crippen LogP contribution is 2.22. The lowest BCUT2D eigenvalue weighted by molar-refractivity contribution is 0.0526. The fourth-order valence-corrected chi connectivity index (χ4v) is 2.58. The van der Waals surface area contributed by atoms with E-state index in [1.54, 1.807) is 38.1 Å². The highest BCUT2D eigenvalue weighted by atomic mass is 16.5. The number of methoxy groups -OCH3 is 1. The topological polar surface area (TPSA) is 114 Å². The first-order chi connectivity index (χ1) is 13.4. The average molecular weight is 383 g/mol. The van der Waals surface area contributed by atoms with Crippen LogP contribution in [0.1, 0.15) is 34.0 Å². The lowest BCUT2D eigenvalue weighted by Gasteiger charge is -2.13. The van der Waals surface area contributed by atoms with E-state index in [4.69, 9.17) is 9.47 Å². The lowest BCUT2D eigenvalue weighted by atomic mass is 10.1. The number of nitriles is 1. The summed E-state index contributed by atoms with van der Waals surface area (Å²) in [5, 5.41) is 19.8. The first kappa shape index (κ1) is 20.9. The number of esters is 1. The van der Waals surface area contributed by atoms with Crippen LogP contribution >= 0.6 is 0 Å². The quantitative estimate of drug-likeness (QED) is 0.580. The van der Waals surface area contributed by atoms with Crippen molar-refractivity contribution < 1.29 is 19.4 Å². The molecule has 0 atom stereocenters. The molecule has 0 saturated heterocycles. The normalized spacial score (nSPS) is 10.8. The maximum Gasteiger partial charge on any atom is 0.338 e. The Balaban J connectivity index is 2.49. The monoisotopic (exact) mass is 383 g/mol. The summed E-state index contributed by atoms with van der Waals surface area (Å²) in [5.41, 5.74) is 0.710. The van der Waals surface area contributed by atoms with Crippen molar-refractivity contribution in [1.82, 2.24) is 4.57 Å². The largest absolute Gasteiger partial charge is 0.494 e. The van der Waals surface area contributed by atoms with E-state index < -0.39 is 11.5 Å². The minimum atomic E-state index is -0.587. The number of aromatic nitrogens is 1. The maximum atomic E-state index is 12.4. The van der Waals surface area contributed by atoms with Crippen molar-refractivity contribution in [2.24, 2.45) is 4.99 Å². The summed E-state index contributed by atoms with van der Waals surface area (Å²) in [6, 6.07) is 8.37. The number of rotatable bonds is 7. The van der Waals surface area contributed by atoms with Crippen LogP contribution in [-0.4, -0.2) is 42.2 Å². The first-order valence-electron chi connectivity index (χ1n) is 8.61. The van der Waals surface area contributed by atoms with Crippen LogP contribution in [0, 0.1) is 18.3 Å². The molecule has 1 aromatic carbocycles. The van der Waals surface area contributed by atoms with Crippen molar-refractivity contribution in [3.8, 4) is 11.9 Å². The summed E-state index contributed by atoms with van der Waals surface area (Å²) in [6.45, 7) is 3.84. The molecular weight excluding hydrogens is 362 g/mol. The number of carbonyl (C=O) groups is 1. The van der Waals surface area contributed by atoms with Gasteiger partial charge < -0.3 is 14.6 Å². The van der Waals surface area contributed by atoms with Crippen LogP contribution in [-0.2, 0) is 16.0 Å². The molecular formula is C20H21N3O5. The van der Waals surface area contributed by atoms with Gasteiger partial charge >= 0.3 is 5.97 Å². The Morgan fingerprint density at radius 3 is 2.82 bits per heavy atom. The van der Waals surface area contributed by atoms with Gasteiger partial charge in [0.1, 0.15) is 11.6 Å². The molecule has 1 N–H and O–H groups in total. The number of ether oxygens (including phenoxy) is 2. The van der Waals surface area contributed by atoms with Crippen molar-refractivity contribution in [3.05, 3.63) is 56.9 Å². The van der Waals surface area contributed by atoms with E-state index in [2.05, 4.69) is 4.99 Å². The van der Waals surface area contributed by atoms with Gasteiger partial charge in [0.25, 0.3) is 5.56 Å². The number of aromatic hydroxyl groups is 1. The molecule has 0 aliphatic heterocycles. The fraction of sp³-hybridized carbons (Fsp3) is 0.300. The van der Waals surface area contributed by atoms with Gasteiger partial charge in [-0.3, -0.25) is 14.4 Å². The highest BCUT2D eigenvalue weighted by molar-refractivity contribution is 5.91. The molecule has 0 unspecified atom stereocenters. The maximum absolute atomic E-state index is 12.4. The van der Waals surface area contributed by atoms with Crippen molar-refractivity contribution in [2.75, 3.05) is 20.3 Å². The summed E-state index contributed by atoms with van der Waals surface area (Å²) in [4.78, 5) is 28.5.